The van der Waals surface area contributed by atoms with Crippen molar-refractivity contribution in [1.29, 1.82) is 0 Å². The minimum absolute atomic E-state index is 0.107. The summed E-state index contributed by atoms with van der Waals surface area (Å²) in [5.41, 5.74) is 3.56. The molecule has 6 rings (SSSR count). The van der Waals surface area contributed by atoms with Gasteiger partial charge in [0.1, 0.15) is 17.1 Å². The molecule has 1 aliphatic carbocycles. The zero-order valence-corrected chi connectivity index (χ0v) is 33.1. The average Bonchev–Trinajstić information content (AvgIpc) is 3.52. The number of hydrogen-bond acceptors (Lipinski definition) is 9. The highest BCUT2D eigenvalue weighted by atomic mass is 16.6. The third-order valence-electron chi connectivity index (χ3n) is 10.5. The number of ether oxygens (including phenoxy) is 4. The molecule has 2 aromatic rings. The second kappa shape index (κ2) is 17.1. The van der Waals surface area contributed by atoms with E-state index in [9.17, 15) is 9.59 Å². The van der Waals surface area contributed by atoms with Crippen molar-refractivity contribution in [3.05, 3.63) is 47.0 Å². The fourth-order valence-corrected chi connectivity index (χ4v) is 7.83. The van der Waals surface area contributed by atoms with E-state index in [2.05, 4.69) is 40.1 Å². The highest BCUT2D eigenvalue weighted by Crippen LogP contribution is 2.47. The highest BCUT2D eigenvalue weighted by Gasteiger charge is 2.49. The smallest absolute Gasteiger partial charge is 0.410 e. The summed E-state index contributed by atoms with van der Waals surface area (Å²) in [7, 11) is 0. The summed E-state index contributed by atoms with van der Waals surface area (Å²) in [5.74, 6) is 2.20. The van der Waals surface area contributed by atoms with Crippen molar-refractivity contribution >= 4 is 12.0 Å². The quantitative estimate of drug-likeness (QED) is 0.312. The maximum absolute atomic E-state index is 13.9. The predicted octanol–water partition coefficient (Wildman–Crippen LogP) is 6.88. The molecule has 11 nitrogen and oxygen atoms in total. The lowest BCUT2D eigenvalue weighted by atomic mass is 9.74. The van der Waals surface area contributed by atoms with Gasteiger partial charge in [-0.25, -0.2) is 4.79 Å². The van der Waals surface area contributed by atoms with E-state index >= 15 is 0 Å². The Kier molecular flexibility index (Phi) is 13.1. The highest BCUT2D eigenvalue weighted by molar-refractivity contribution is 5.84. The van der Waals surface area contributed by atoms with Gasteiger partial charge in [0.05, 0.1) is 36.6 Å². The maximum Gasteiger partial charge on any atom is 0.410 e. The van der Waals surface area contributed by atoms with Gasteiger partial charge in [-0.1, -0.05) is 13.8 Å². The molecular formula is C41H63N5O6. The monoisotopic (exact) mass is 721 g/mol. The summed E-state index contributed by atoms with van der Waals surface area (Å²) in [6.07, 6.45) is 10.2. The van der Waals surface area contributed by atoms with E-state index in [0.717, 1.165) is 98.7 Å². The first-order valence-electron chi connectivity index (χ1n) is 19.5. The van der Waals surface area contributed by atoms with Crippen molar-refractivity contribution in [2.24, 2.45) is 11.3 Å². The maximum atomic E-state index is 13.9. The molecule has 1 saturated carbocycles. The summed E-state index contributed by atoms with van der Waals surface area (Å²) in [6, 6.07) is 5.01. The second-order valence-electron chi connectivity index (χ2n) is 16.8. The van der Waals surface area contributed by atoms with Crippen LogP contribution in [-0.2, 0) is 40.2 Å². The Bertz CT molecular complexity index is 1520. The van der Waals surface area contributed by atoms with Gasteiger partial charge in [-0.05, 0) is 110 Å². The number of fused-ring (bicyclic) bond motifs is 2. The first-order valence-corrected chi connectivity index (χ1v) is 19.5. The Morgan fingerprint density at radius 3 is 1.88 bits per heavy atom. The molecule has 288 valence electrons. The molecule has 0 aromatic carbocycles. The third-order valence-corrected chi connectivity index (χ3v) is 10.5. The van der Waals surface area contributed by atoms with Crippen LogP contribution in [-0.4, -0.2) is 88.0 Å². The molecule has 2 atom stereocenters. The van der Waals surface area contributed by atoms with Crippen molar-refractivity contribution in [3.8, 4) is 11.5 Å². The topological polar surface area (TPSA) is 115 Å². The SMILES string of the molecule is CC(C)Oc1cnc2c(c1)CN(C(=O)OC(C)(C)C)CC2.CC(C)Oc1cnc2c(c1)CN(C(=O)[C@@]1(C(C)C)CC[C@@H](NC3CCOCC3)C1)CC2. The predicted molar refractivity (Wildman–Crippen MR) is 201 cm³/mol. The Labute approximate surface area is 311 Å². The summed E-state index contributed by atoms with van der Waals surface area (Å²) in [5, 5.41) is 3.85. The van der Waals surface area contributed by atoms with Gasteiger partial charge in [-0.3, -0.25) is 14.8 Å². The van der Waals surface area contributed by atoms with Gasteiger partial charge in [0.15, 0.2) is 0 Å². The van der Waals surface area contributed by atoms with Crippen LogP contribution in [0.2, 0.25) is 0 Å². The van der Waals surface area contributed by atoms with E-state index in [4.69, 9.17) is 18.9 Å². The standard InChI is InChI=1S/C25H39N3O3.C16H24N2O3/c1-17(2)25(9-5-21(14-25)27-20-7-11-30-12-8-20)24(29)28-10-6-23-19(16-28)13-22(15-26-23)31-18(3)4;1-11(2)20-13-8-12-10-18(7-6-14(12)17-9-13)15(19)21-16(3,4)5/h13,15,17-18,20-21,27H,5-12,14,16H2,1-4H3;8-9,11H,6-7,10H2,1-5H3/t21-,25+;/m1./s1. The first kappa shape index (κ1) is 39.8. The fourth-order valence-electron chi connectivity index (χ4n) is 7.83. The van der Waals surface area contributed by atoms with E-state index in [0.29, 0.717) is 43.5 Å². The Morgan fingerprint density at radius 1 is 0.827 bits per heavy atom. The van der Waals surface area contributed by atoms with Crippen molar-refractivity contribution in [2.45, 2.75) is 150 Å². The van der Waals surface area contributed by atoms with E-state index in [1.165, 1.54) is 0 Å². The van der Waals surface area contributed by atoms with Crippen LogP contribution in [0.3, 0.4) is 0 Å². The van der Waals surface area contributed by atoms with E-state index < -0.39 is 5.60 Å². The molecule has 4 aliphatic rings. The van der Waals surface area contributed by atoms with Gasteiger partial charge in [-0.2, -0.15) is 0 Å². The number of pyridine rings is 2. The lowest BCUT2D eigenvalue weighted by molar-refractivity contribution is -0.146. The van der Waals surface area contributed by atoms with Crippen molar-refractivity contribution in [3.63, 3.8) is 0 Å². The Hall–Kier alpha value is -3.44. The van der Waals surface area contributed by atoms with E-state index in [-0.39, 0.29) is 23.7 Å². The molecule has 0 bridgehead atoms. The molecule has 1 saturated heterocycles. The third kappa shape index (κ3) is 10.4. The van der Waals surface area contributed by atoms with Crippen LogP contribution in [0.1, 0.15) is 117 Å². The van der Waals surface area contributed by atoms with Gasteiger partial charge >= 0.3 is 6.09 Å². The molecule has 2 fully saturated rings. The molecule has 0 radical (unpaired) electrons. The average molecular weight is 722 g/mol. The minimum Gasteiger partial charge on any atom is -0.489 e. The molecule has 3 aliphatic heterocycles. The Balaban J connectivity index is 0.000000217. The summed E-state index contributed by atoms with van der Waals surface area (Å²) in [6.45, 7) is 22.3. The number of rotatable bonds is 8. The summed E-state index contributed by atoms with van der Waals surface area (Å²) >= 11 is 0. The second-order valence-corrected chi connectivity index (χ2v) is 16.8. The minimum atomic E-state index is -0.474. The molecule has 52 heavy (non-hydrogen) atoms. The molecule has 2 amide bonds. The van der Waals surface area contributed by atoms with Gasteiger partial charge in [0.2, 0.25) is 5.91 Å². The summed E-state index contributed by atoms with van der Waals surface area (Å²) < 4.78 is 22.4. The van der Waals surface area contributed by atoms with Gasteiger partial charge in [0, 0.05) is 69.2 Å². The van der Waals surface area contributed by atoms with Crippen molar-refractivity contribution in [1.82, 2.24) is 25.1 Å². The van der Waals surface area contributed by atoms with Crippen LogP contribution in [0, 0.1) is 11.3 Å². The molecular weight excluding hydrogens is 658 g/mol. The molecule has 5 heterocycles. The summed E-state index contributed by atoms with van der Waals surface area (Å²) in [4.78, 5) is 38.9. The van der Waals surface area contributed by atoms with Gasteiger partial charge in [-0.15, -0.1) is 0 Å². The molecule has 0 spiro atoms. The number of nitrogens with one attached hydrogen (secondary N) is 1. The zero-order chi connectivity index (χ0) is 37.6. The van der Waals surface area contributed by atoms with Crippen LogP contribution in [0.15, 0.2) is 24.5 Å². The zero-order valence-electron chi connectivity index (χ0n) is 33.1. The van der Waals surface area contributed by atoms with Crippen LogP contribution < -0.4 is 14.8 Å². The lowest BCUT2D eigenvalue weighted by Crippen LogP contribution is -2.49. The lowest BCUT2D eigenvalue weighted by Gasteiger charge is -2.39. The van der Waals surface area contributed by atoms with E-state index in [1.807, 2.05) is 60.7 Å². The number of carbonyl (C=O) groups is 2. The molecule has 0 unspecified atom stereocenters. The van der Waals surface area contributed by atoms with Crippen LogP contribution in [0.4, 0.5) is 4.79 Å². The number of carbonyl (C=O) groups excluding carboxylic acids is 2. The number of aromatic nitrogens is 2. The van der Waals surface area contributed by atoms with Crippen LogP contribution in [0.25, 0.3) is 0 Å². The van der Waals surface area contributed by atoms with Crippen LogP contribution in [0.5, 0.6) is 11.5 Å². The molecule has 2 aromatic heterocycles. The normalized spacial score (nSPS) is 22.1. The number of hydrogen-bond donors (Lipinski definition) is 1. The van der Waals surface area contributed by atoms with Crippen molar-refractivity contribution < 1.29 is 28.5 Å². The fraction of sp³-hybridized carbons (Fsp3) is 0.707. The van der Waals surface area contributed by atoms with Crippen molar-refractivity contribution in [2.75, 3.05) is 26.3 Å². The Morgan fingerprint density at radius 2 is 1.37 bits per heavy atom. The van der Waals surface area contributed by atoms with E-state index in [1.54, 1.807) is 11.1 Å². The number of nitrogens with zero attached hydrogens (tertiary/aromatic N) is 4. The molecule has 1 N–H and O–H groups in total. The first-order chi connectivity index (χ1) is 24.6. The van der Waals surface area contributed by atoms with Gasteiger partial charge < -0.3 is 34.1 Å². The largest absolute Gasteiger partial charge is 0.489 e. The van der Waals surface area contributed by atoms with Gasteiger partial charge in [0.25, 0.3) is 0 Å². The van der Waals surface area contributed by atoms with Crippen LogP contribution >= 0.6 is 0 Å². The number of amides is 2. The molecule has 11 heteroatoms.